The van der Waals surface area contributed by atoms with Gasteiger partial charge in [0.15, 0.2) is 0 Å². The molecule has 0 radical (unpaired) electrons. The first-order valence-electron chi connectivity index (χ1n) is 7.01. The number of anilines is 1. The minimum atomic E-state index is 0.791. The molecule has 0 saturated heterocycles. The highest BCUT2D eigenvalue weighted by Crippen LogP contribution is 2.23. The SMILES string of the molecule is CCCCCn1c(CCC)nc2c(N)cccc21. The van der Waals surface area contributed by atoms with E-state index in [-0.39, 0.29) is 0 Å². The van der Waals surface area contributed by atoms with Gasteiger partial charge in [-0.2, -0.15) is 0 Å². The van der Waals surface area contributed by atoms with Crippen molar-refractivity contribution in [1.29, 1.82) is 0 Å². The van der Waals surface area contributed by atoms with Crippen LogP contribution in [0.4, 0.5) is 5.69 Å². The van der Waals surface area contributed by atoms with Crippen LogP contribution in [0, 0.1) is 0 Å². The quantitative estimate of drug-likeness (QED) is 0.622. The molecule has 3 nitrogen and oxygen atoms in total. The van der Waals surface area contributed by atoms with Crippen molar-refractivity contribution in [2.24, 2.45) is 0 Å². The molecule has 3 heteroatoms. The minimum absolute atomic E-state index is 0.791. The van der Waals surface area contributed by atoms with Crippen molar-refractivity contribution in [2.45, 2.75) is 52.5 Å². The first-order chi connectivity index (χ1) is 8.77. The van der Waals surface area contributed by atoms with Crippen LogP contribution >= 0.6 is 0 Å². The molecule has 0 aliphatic carbocycles. The number of aryl methyl sites for hydroxylation is 2. The maximum atomic E-state index is 6.01. The highest BCUT2D eigenvalue weighted by Gasteiger charge is 2.11. The number of rotatable bonds is 6. The van der Waals surface area contributed by atoms with Gasteiger partial charge in [-0.15, -0.1) is 0 Å². The predicted molar refractivity (Wildman–Crippen MR) is 77.7 cm³/mol. The van der Waals surface area contributed by atoms with E-state index in [1.807, 2.05) is 12.1 Å². The molecule has 0 aliphatic rings. The molecule has 2 N–H and O–H groups in total. The summed E-state index contributed by atoms with van der Waals surface area (Å²) < 4.78 is 2.35. The van der Waals surface area contributed by atoms with Gasteiger partial charge in [0.05, 0.1) is 11.2 Å². The second kappa shape index (κ2) is 5.89. The number of hydrogen-bond acceptors (Lipinski definition) is 2. The molecular formula is C15H23N3. The van der Waals surface area contributed by atoms with Gasteiger partial charge in [0.1, 0.15) is 11.3 Å². The van der Waals surface area contributed by atoms with Gasteiger partial charge in [0, 0.05) is 13.0 Å². The van der Waals surface area contributed by atoms with Gasteiger partial charge in [-0.05, 0) is 25.0 Å². The van der Waals surface area contributed by atoms with E-state index in [4.69, 9.17) is 10.7 Å². The summed E-state index contributed by atoms with van der Waals surface area (Å²) in [4.78, 5) is 4.72. The van der Waals surface area contributed by atoms with Crippen LogP contribution < -0.4 is 5.73 Å². The molecule has 2 rings (SSSR count). The van der Waals surface area contributed by atoms with Gasteiger partial charge < -0.3 is 10.3 Å². The molecule has 0 spiro atoms. The summed E-state index contributed by atoms with van der Waals surface area (Å²) in [6.45, 7) is 5.49. The predicted octanol–water partition coefficient (Wildman–Crippen LogP) is 3.76. The Labute approximate surface area is 109 Å². The second-order valence-electron chi connectivity index (χ2n) is 4.85. The summed E-state index contributed by atoms with van der Waals surface area (Å²) in [7, 11) is 0. The van der Waals surface area contributed by atoms with E-state index in [9.17, 15) is 0 Å². The number of fused-ring (bicyclic) bond motifs is 1. The number of benzene rings is 1. The fraction of sp³-hybridized carbons (Fsp3) is 0.533. The van der Waals surface area contributed by atoms with Crippen molar-refractivity contribution in [3.63, 3.8) is 0 Å². The average Bonchev–Trinajstić information content (AvgIpc) is 2.70. The molecule has 18 heavy (non-hydrogen) atoms. The summed E-state index contributed by atoms with van der Waals surface area (Å²) in [6, 6.07) is 6.08. The molecule has 1 aromatic carbocycles. The lowest BCUT2D eigenvalue weighted by molar-refractivity contribution is 0.588. The Morgan fingerprint density at radius 3 is 2.72 bits per heavy atom. The normalized spacial score (nSPS) is 11.2. The molecular weight excluding hydrogens is 222 g/mol. The zero-order valence-electron chi connectivity index (χ0n) is 11.4. The smallest absolute Gasteiger partial charge is 0.112 e. The molecule has 0 saturated carbocycles. The number of hydrogen-bond donors (Lipinski definition) is 1. The van der Waals surface area contributed by atoms with Crippen molar-refractivity contribution >= 4 is 16.7 Å². The fourth-order valence-corrected chi connectivity index (χ4v) is 2.40. The van der Waals surface area contributed by atoms with Crippen molar-refractivity contribution in [3.8, 4) is 0 Å². The highest BCUT2D eigenvalue weighted by molar-refractivity contribution is 5.87. The Morgan fingerprint density at radius 2 is 2.00 bits per heavy atom. The fourth-order valence-electron chi connectivity index (χ4n) is 2.40. The first kappa shape index (κ1) is 12.9. The van der Waals surface area contributed by atoms with E-state index in [0.29, 0.717) is 0 Å². The van der Waals surface area contributed by atoms with Crippen molar-refractivity contribution < 1.29 is 0 Å². The number of nitrogens with two attached hydrogens (primary N) is 1. The molecule has 0 amide bonds. The molecule has 0 bridgehead atoms. The molecule has 0 unspecified atom stereocenters. The van der Waals surface area contributed by atoms with Gasteiger partial charge in [0.2, 0.25) is 0 Å². The number of nitrogen functional groups attached to an aromatic ring is 1. The molecule has 0 atom stereocenters. The number of nitrogens with zero attached hydrogens (tertiary/aromatic N) is 2. The van der Waals surface area contributed by atoms with Crippen LogP contribution in [0.2, 0.25) is 0 Å². The number of unbranched alkanes of at least 4 members (excludes halogenated alkanes) is 2. The van der Waals surface area contributed by atoms with E-state index in [1.54, 1.807) is 0 Å². The van der Waals surface area contributed by atoms with Crippen LogP contribution in [-0.2, 0) is 13.0 Å². The Morgan fingerprint density at radius 1 is 1.17 bits per heavy atom. The lowest BCUT2D eigenvalue weighted by atomic mass is 10.2. The van der Waals surface area contributed by atoms with E-state index >= 15 is 0 Å². The third-order valence-electron chi connectivity index (χ3n) is 3.35. The second-order valence-corrected chi connectivity index (χ2v) is 4.85. The monoisotopic (exact) mass is 245 g/mol. The van der Waals surface area contributed by atoms with Crippen LogP contribution in [0.15, 0.2) is 18.2 Å². The van der Waals surface area contributed by atoms with Gasteiger partial charge in [-0.25, -0.2) is 4.98 Å². The summed E-state index contributed by atoms with van der Waals surface area (Å²) in [5.74, 6) is 1.18. The highest BCUT2D eigenvalue weighted by atomic mass is 15.1. The van der Waals surface area contributed by atoms with E-state index < -0.39 is 0 Å². The van der Waals surface area contributed by atoms with E-state index in [2.05, 4.69) is 24.5 Å². The zero-order valence-corrected chi connectivity index (χ0v) is 11.4. The molecule has 0 aliphatic heterocycles. The summed E-state index contributed by atoms with van der Waals surface area (Å²) in [5, 5.41) is 0. The third-order valence-corrected chi connectivity index (χ3v) is 3.35. The summed E-state index contributed by atoms with van der Waals surface area (Å²) >= 11 is 0. The lowest BCUT2D eigenvalue weighted by Gasteiger charge is -2.08. The largest absolute Gasteiger partial charge is 0.397 e. The van der Waals surface area contributed by atoms with Gasteiger partial charge in [0.25, 0.3) is 0 Å². The number of aromatic nitrogens is 2. The van der Waals surface area contributed by atoms with Crippen molar-refractivity contribution in [2.75, 3.05) is 5.73 Å². The maximum Gasteiger partial charge on any atom is 0.112 e. The van der Waals surface area contributed by atoms with Crippen molar-refractivity contribution in [3.05, 3.63) is 24.0 Å². The van der Waals surface area contributed by atoms with Gasteiger partial charge in [-0.1, -0.05) is 32.8 Å². The van der Waals surface area contributed by atoms with Crippen molar-refractivity contribution in [1.82, 2.24) is 9.55 Å². The van der Waals surface area contributed by atoms with Crippen LogP contribution in [0.5, 0.6) is 0 Å². The lowest BCUT2D eigenvalue weighted by Crippen LogP contribution is -2.03. The average molecular weight is 245 g/mol. The van der Waals surface area contributed by atoms with Crippen LogP contribution in [-0.4, -0.2) is 9.55 Å². The van der Waals surface area contributed by atoms with E-state index in [0.717, 1.165) is 30.6 Å². The molecule has 98 valence electrons. The van der Waals surface area contributed by atoms with Crippen LogP contribution in [0.1, 0.15) is 45.4 Å². The summed E-state index contributed by atoms with van der Waals surface area (Å²) in [5.41, 5.74) is 8.96. The minimum Gasteiger partial charge on any atom is -0.397 e. The van der Waals surface area contributed by atoms with Gasteiger partial charge in [-0.3, -0.25) is 0 Å². The first-order valence-corrected chi connectivity index (χ1v) is 7.01. The van der Waals surface area contributed by atoms with Crippen LogP contribution in [0.3, 0.4) is 0 Å². The van der Waals surface area contributed by atoms with E-state index in [1.165, 1.54) is 30.6 Å². The third kappa shape index (κ3) is 2.50. The number of imidazole rings is 1. The topological polar surface area (TPSA) is 43.8 Å². The molecule has 1 heterocycles. The Kier molecular flexibility index (Phi) is 4.24. The summed E-state index contributed by atoms with van der Waals surface area (Å²) in [6.07, 6.45) is 5.89. The van der Waals surface area contributed by atoms with Crippen LogP contribution in [0.25, 0.3) is 11.0 Å². The Bertz CT molecular complexity index is 514. The van der Waals surface area contributed by atoms with Gasteiger partial charge >= 0.3 is 0 Å². The Balaban J connectivity index is 2.39. The Hall–Kier alpha value is -1.51. The zero-order chi connectivity index (χ0) is 13.0. The molecule has 2 aromatic rings. The molecule has 1 aromatic heterocycles. The number of para-hydroxylation sites is 1. The standard InChI is InChI=1S/C15H23N3/c1-3-5-6-11-18-13-10-7-9-12(16)15(13)17-14(18)8-4-2/h7,9-10H,3-6,8,11,16H2,1-2H3. The molecule has 0 fully saturated rings. The maximum absolute atomic E-state index is 6.01.